The number of ether oxygens (including phenoxy) is 3. The Morgan fingerprint density at radius 3 is 2.12 bits per heavy atom. The van der Waals surface area contributed by atoms with Crippen molar-refractivity contribution in [2.24, 2.45) is 0 Å². The molecular formula is C11H24O6. The highest BCUT2D eigenvalue weighted by molar-refractivity contribution is 4.90. The van der Waals surface area contributed by atoms with E-state index in [1.54, 1.807) is 13.8 Å². The Morgan fingerprint density at radius 1 is 1.24 bits per heavy atom. The molecule has 0 saturated carbocycles. The highest BCUT2D eigenvalue weighted by Gasteiger charge is 2.48. The van der Waals surface area contributed by atoms with E-state index in [1.165, 1.54) is 14.2 Å². The van der Waals surface area contributed by atoms with Gasteiger partial charge in [0.05, 0.1) is 12.7 Å². The summed E-state index contributed by atoms with van der Waals surface area (Å²) in [7, 11) is 2.61. The van der Waals surface area contributed by atoms with Crippen molar-refractivity contribution in [3.05, 3.63) is 0 Å². The first kappa shape index (κ1) is 16.8. The van der Waals surface area contributed by atoms with Crippen LogP contribution in [0.15, 0.2) is 0 Å². The van der Waals surface area contributed by atoms with Gasteiger partial charge in [-0.25, -0.2) is 0 Å². The molecule has 0 bridgehead atoms. The summed E-state index contributed by atoms with van der Waals surface area (Å²) in [5.74, 6) is -1.89. The van der Waals surface area contributed by atoms with Crippen molar-refractivity contribution >= 4 is 0 Å². The second-order valence-electron chi connectivity index (χ2n) is 3.71. The normalized spacial score (nSPS) is 20.6. The third kappa shape index (κ3) is 3.87. The summed E-state index contributed by atoms with van der Waals surface area (Å²) in [5.41, 5.74) is 0. The van der Waals surface area contributed by atoms with Crippen LogP contribution in [0.5, 0.6) is 0 Å². The fraction of sp³-hybridized carbons (Fsp3) is 1.00. The Morgan fingerprint density at radius 2 is 1.82 bits per heavy atom. The molecule has 4 atom stereocenters. The van der Waals surface area contributed by atoms with E-state index in [1.807, 2.05) is 0 Å². The van der Waals surface area contributed by atoms with Gasteiger partial charge in [0.2, 0.25) is 5.79 Å². The maximum Gasteiger partial charge on any atom is 0.224 e. The number of hydrogen-bond acceptors (Lipinski definition) is 6. The first-order valence-electron chi connectivity index (χ1n) is 5.72. The summed E-state index contributed by atoms with van der Waals surface area (Å²) in [6, 6.07) is 0. The van der Waals surface area contributed by atoms with Crippen molar-refractivity contribution in [3.8, 4) is 0 Å². The second kappa shape index (κ2) is 7.97. The maximum atomic E-state index is 10.4. The number of aliphatic hydroxyl groups excluding tert-OH is 2. The van der Waals surface area contributed by atoms with Crippen LogP contribution in [-0.4, -0.2) is 66.9 Å². The molecule has 0 aliphatic heterocycles. The molecule has 6 nitrogen and oxygen atoms in total. The molecule has 0 aliphatic carbocycles. The van der Waals surface area contributed by atoms with E-state index in [0.29, 0.717) is 13.0 Å². The zero-order chi connectivity index (χ0) is 13.5. The van der Waals surface area contributed by atoms with Crippen LogP contribution >= 0.6 is 0 Å². The maximum absolute atomic E-state index is 10.4. The molecule has 0 rings (SSSR count). The van der Waals surface area contributed by atoms with Crippen LogP contribution in [0.3, 0.4) is 0 Å². The molecule has 104 valence electrons. The lowest BCUT2D eigenvalue weighted by Crippen LogP contribution is -2.60. The standard InChI is InChI=1S/C11H24O6/c1-5-8(13)10(17-6-2)11(14,16-4)9(7-12)15-3/h8-10,12-14H,5-7H2,1-4H3. The fourth-order valence-corrected chi connectivity index (χ4v) is 1.70. The Bertz CT molecular complexity index is 196. The molecule has 0 aliphatic rings. The summed E-state index contributed by atoms with van der Waals surface area (Å²) in [4.78, 5) is 0. The van der Waals surface area contributed by atoms with Gasteiger partial charge in [-0.3, -0.25) is 0 Å². The molecule has 6 heteroatoms. The van der Waals surface area contributed by atoms with Gasteiger partial charge in [-0.05, 0) is 13.3 Å². The lowest BCUT2D eigenvalue weighted by molar-refractivity contribution is -0.320. The number of methoxy groups -OCH3 is 2. The van der Waals surface area contributed by atoms with Crippen LogP contribution < -0.4 is 0 Å². The molecule has 0 amide bonds. The highest BCUT2D eigenvalue weighted by atomic mass is 16.7. The van der Waals surface area contributed by atoms with Crippen LogP contribution in [0.25, 0.3) is 0 Å². The van der Waals surface area contributed by atoms with Gasteiger partial charge in [-0.2, -0.15) is 0 Å². The van der Waals surface area contributed by atoms with E-state index in [0.717, 1.165) is 0 Å². The SMILES string of the molecule is CCOC(C(O)CC)C(O)(OC)C(CO)OC. The Balaban J connectivity index is 5.09. The minimum atomic E-state index is -1.89. The first-order chi connectivity index (χ1) is 8.01. The van der Waals surface area contributed by atoms with Crippen molar-refractivity contribution in [1.29, 1.82) is 0 Å². The number of hydrogen-bond donors (Lipinski definition) is 3. The molecular weight excluding hydrogens is 228 g/mol. The summed E-state index contributed by atoms with van der Waals surface area (Å²) < 4.78 is 15.3. The smallest absolute Gasteiger partial charge is 0.224 e. The molecule has 0 aromatic carbocycles. The van der Waals surface area contributed by atoms with Crippen molar-refractivity contribution in [1.82, 2.24) is 0 Å². The molecule has 0 aromatic rings. The van der Waals surface area contributed by atoms with Crippen molar-refractivity contribution in [2.75, 3.05) is 27.4 Å². The van der Waals surface area contributed by atoms with Crippen molar-refractivity contribution < 1.29 is 29.5 Å². The molecule has 4 unspecified atom stereocenters. The van der Waals surface area contributed by atoms with E-state index in [4.69, 9.17) is 19.3 Å². The lowest BCUT2D eigenvalue weighted by atomic mass is 9.97. The summed E-state index contributed by atoms with van der Waals surface area (Å²) >= 11 is 0. The second-order valence-corrected chi connectivity index (χ2v) is 3.71. The van der Waals surface area contributed by atoms with Crippen LogP contribution in [0.2, 0.25) is 0 Å². The van der Waals surface area contributed by atoms with E-state index < -0.39 is 30.7 Å². The van der Waals surface area contributed by atoms with E-state index in [2.05, 4.69) is 0 Å². The molecule has 0 aromatic heterocycles. The predicted molar refractivity (Wildman–Crippen MR) is 61.6 cm³/mol. The van der Waals surface area contributed by atoms with Gasteiger partial charge < -0.3 is 29.5 Å². The largest absolute Gasteiger partial charge is 0.393 e. The molecule has 0 radical (unpaired) electrons. The zero-order valence-corrected chi connectivity index (χ0v) is 10.9. The topological polar surface area (TPSA) is 88.4 Å². The zero-order valence-electron chi connectivity index (χ0n) is 10.9. The molecule has 0 spiro atoms. The van der Waals surface area contributed by atoms with Crippen molar-refractivity contribution in [3.63, 3.8) is 0 Å². The molecule has 0 saturated heterocycles. The quantitative estimate of drug-likeness (QED) is 0.480. The minimum absolute atomic E-state index is 0.301. The van der Waals surface area contributed by atoms with Crippen LogP contribution in [0.1, 0.15) is 20.3 Å². The van der Waals surface area contributed by atoms with E-state index in [-0.39, 0.29) is 0 Å². The average Bonchev–Trinajstić information content (AvgIpc) is 2.36. The third-order valence-corrected chi connectivity index (χ3v) is 2.76. The van der Waals surface area contributed by atoms with Crippen LogP contribution in [0, 0.1) is 0 Å². The highest BCUT2D eigenvalue weighted by Crippen LogP contribution is 2.25. The van der Waals surface area contributed by atoms with Gasteiger partial charge in [-0.15, -0.1) is 0 Å². The third-order valence-electron chi connectivity index (χ3n) is 2.76. The van der Waals surface area contributed by atoms with E-state index in [9.17, 15) is 10.2 Å². The Hall–Kier alpha value is -0.240. The predicted octanol–water partition coefficient (Wildman–Crippen LogP) is -0.495. The van der Waals surface area contributed by atoms with Gasteiger partial charge >= 0.3 is 0 Å². The fourth-order valence-electron chi connectivity index (χ4n) is 1.70. The Kier molecular flexibility index (Phi) is 7.85. The number of rotatable bonds is 9. The van der Waals surface area contributed by atoms with Crippen LogP contribution in [0.4, 0.5) is 0 Å². The van der Waals surface area contributed by atoms with Gasteiger partial charge in [0.25, 0.3) is 0 Å². The average molecular weight is 252 g/mol. The van der Waals surface area contributed by atoms with Gasteiger partial charge in [0.1, 0.15) is 12.2 Å². The summed E-state index contributed by atoms with van der Waals surface area (Å²) in [6.45, 7) is 3.36. The first-order valence-corrected chi connectivity index (χ1v) is 5.72. The van der Waals surface area contributed by atoms with Gasteiger partial charge in [0.15, 0.2) is 0 Å². The molecule has 0 heterocycles. The minimum Gasteiger partial charge on any atom is -0.393 e. The number of aliphatic hydroxyl groups is 3. The van der Waals surface area contributed by atoms with Crippen LogP contribution in [-0.2, 0) is 14.2 Å². The monoisotopic (exact) mass is 252 g/mol. The summed E-state index contributed by atoms with van der Waals surface area (Å²) in [5, 5.41) is 29.4. The Labute approximate surface area is 102 Å². The molecule has 17 heavy (non-hydrogen) atoms. The van der Waals surface area contributed by atoms with E-state index >= 15 is 0 Å². The molecule has 3 N–H and O–H groups in total. The van der Waals surface area contributed by atoms with Gasteiger partial charge in [-0.1, -0.05) is 6.92 Å². The van der Waals surface area contributed by atoms with Crippen molar-refractivity contribution in [2.45, 2.75) is 44.4 Å². The lowest BCUT2D eigenvalue weighted by Gasteiger charge is -2.40. The molecule has 0 fully saturated rings. The van der Waals surface area contributed by atoms with Gasteiger partial charge in [0, 0.05) is 20.8 Å². The summed E-state index contributed by atoms with van der Waals surface area (Å²) in [6.07, 6.45) is -2.51.